The van der Waals surface area contributed by atoms with Crippen LogP contribution in [0.2, 0.25) is 0 Å². The van der Waals surface area contributed by atoms with Crippen LogP contribution in [0.3, 0.4) is 0 Å². The van der Waals surface area contributed by atoms with Crippen LogP contribution in [0, 0.1) is 0 Å². The van der Waals surface area contributed by atoms with E-state index in [-0.39, 0.29) is 5.91 Å². The second-order valence-corrected chi connectivity index (χ2v) is 6.31. The van der Waals surface area contributed by atoms with Gasteiger partial charge in [-0.1, -0.05) is 42.5 Å². The third kappa shape index (κ3) is 2.53. The molecule has 2 atom stereocenters. The quantitative estimate of drug-likeness (QED) is 0.704. The maximum atomic E-state index is 13.5. The number of tetrazole rings is 1. The molecule has 0 saturated carbocycles. The van der Waals surface area contributed by atoms with Crippen LogP contribution in [0.25, 0.3) is 0 Å². The second-order valence-electron chi connectivity index (χ2n) is 6.31. The van der Waals surface area contributed by atoms with E-state index in [2.05, 4.69) is 25.9 Å². The highest BCUT2D eigenvalue weighted by Crippen LogP contribution is 2.50. The summed E-state index contributed by atoms with van der Waals surface area (Å²) in [5.41, 5.74) is 0.201. The van der Waals surface area contributed by atoms with E-state index < -0.39 is 11.3 Å². The molecule has 1 amide bonds. The lowest BCUT2D eigenvalue weighted by Gasteiger charge is -2.39. The molecule has 2 aromatic carbocycles. The topological polar surface area (TPSA) is 102 Å². The molecule has 8 heteroatoms. The number of rotatable bonds is 5. The fraction of sp³-hybridized carbons (Fsp3) is 0.200. The predicted molar refractivity (Wildman–Crippen MR) is 101 cm³/mol. The molecule has 142 valence electrons. The zero-order valence-corrected chi connectivity index (χ0v) is 15.4. The van der Waals surface area contributed by atoms with Gasteiger partial charge in [-0.25, -0.2) is 5.10 Å². The molecule has 3 aromatic rings. The summed E-state index contributed by atoms with van der Waals surface area (Å²) < 4.78 is 11.2. The minimum atomic E-state index is -1.28. The van der Waals surface area contributed by atoms with Gasteiger partial charge in [-0.3, -0.25) is 4.79 Å². The van der Waals surface area contributed by atoms with E-state index in [9.17, 15) is 4.79 Å². The Labute approximate surface area is 161 Å². The number of aromatic nitrogens is 4. The fourth-order valence-electron chi connectivity index (χ4n) is 3.85. The summed E-state index contributed by atoms with van der Waals surface area (Å²) in [4.78, 5) is 13.5. The molecule has 2 heterocycles. The van der Waals surface area contributed by atoms with E-state index in [4.69, 9.17) is 9.47 Å². The van der Waals surface area contributed by atoms with Crippen LogP contribution in [-0.4, -0.2) is 40.8 Å². The monoisotopic (exact) mass is 377 g/mol. The number of ether oxygens (including phenoxy) is 2. The smallest absolute Gasteiger partial charge is 0.243 e. The summed E-state index contributed by atoms with van der Waals surface area (Å²) in [6.07, 6.45) is 3.55. The van der Waals surface area contributed by atoms with Gasteiger partial charge in [0.15, 0.2) is 5.82 Å². The summed E-state index contributed by atoms with van der Waals surface area (Å²) in [6, 6.07) is 15.0. The first-order valence-corrected chi connectivity index (χ1v) is 8.71. The average molecular weight is 377 g/mol. The molecule has 28 heavy (non-hydrogen) atoms. The van der Waals surface area contributed by atoms with E-state index in [0.717, 1.165) is 5.56 Å². The zero-order chi connectivity index (χ0) is 19.6. The lowest BCUT2D eigenvalue weighted by atomic mass is 9.64. The highest BCUT2D eigenvalue weighted by atomic mass is 16.5. The number of nitrogens with one attached hydrogen (secondary N) is 2. The maximum Gasteiger partial charge on any atom is 0.243 e. The van der Waals surface area contributed by atoms with E-state index >= 15 is 0 Å². The number of H-pyrrole nitrogens is 1. The zero-order valence-electron chi connectivity index (χ0n) is 15.4. The van der Waals surface area contributed by atoms with Crippen molar-refractivity contribution in [2.45, 2.75) is 11.3 Å². The van der Waals surface area contributed by atoms with Crippen molar-refractivity contribution in [3.8, 4) is 11.5 Å². The van der Waals surface area contributed by atoms with Crippen LogP contribution in [0.1, 0.15) is 22.9 Å². The van der Waals surface area contributed by atoms with Crippen LogP contribution >= 0.6 is 0 Å². The summed E-state index contributed by atoms with van der Waals surface area (Å²) in [7, 11) is 3.17. The second kappa shape index (κ2) is 7.15. The number of benzene rings is 2. The first kappa shape index (κ1) is 17.7. The third-order valence-corrected chi connectivity index (χ3v) is 5.05. The highest BCUT2D eigenvalue weighted by molar-refractivity contribution is 5.95. The van der Waals surface area contributed by atoms with Gasteiger partial charge < -0.3 is 14.8 Å². The molecule has 2 unspecified atom stereocenters. The van der Waals surface area contributed by atoms with Gasteiger partial charge in [0, 0.05) is 23.2 Å². The molecule has 1 aliphatic heterocycles. The minimum Gasteiger partial charge on any atom is -0.496 e. The highest BCUT2D eigenvalue weighted by Gasteiger charge is 2.54. The van der Waals surface area contributed by atoms with Crippen LogP contribution in [0.15, 0.2) is 60.8 Å². The largest absolute Gasteiger partial charge is 0.496 e. The number of carbonyl (C=O) groups excluding carboxylic acids is 1. The van der Waals surface area contributed by atoms with Gasteiger partial charge in [0.25, 0.3) is 0 Å². The summed E-state index contributed by atoms with van der Waals surface area (Å²) >= 11 is 0. The van der Waals surface area contributed by atoms with E-state index in [1.165, 1.54) is 0 Å². The molecule has 2 N–H and O–H groups in total. The number of aromatic amines is 1. The van der Waals surface area contributed by atoms with Crippen LogP contribution in [0.5, 0.6) is 11.5 Å². The van der Waals surface area contributed by atoms with Crippen LogP contribution < -0.4 is 14.8 Å². The molecule has 0 saturated heterocycles. The van der Waals surface area contributed by atoms with Crippen molar-refractivity contribution >= 4 is 5.91 Å². The Bertz CT molecular complexity index is 1020. The van der Waals surface area contributed by atoms with E-state index in [1.807, 2.05) is 54.6 Å². The Morgan fingerprint density at radius 1 is 1.00 bits per heavy atom. The Morgan fingerprint density at radius 2 is 1.71 bits per heavy atom. The SMILES string of the molecule is COc1ccccc1C1C=CNC(=O)C1(c1nnn[nH]1)c1ccccc1OC. The van der Waals surface area contributed by atoms with Crippen molar-refractivity contribution in [2.75, 3.05) is 14.2 Å². The van der Waals surface area contributed by atoms with Crippen molar-refractivity contribution in [2.24, 2.45) is 0 Å². The Balaban J connectivity index is 2.08. The fourth-order valence-corrected chi connectivity index (χ4v) is 3.85. The first-order valence-electron chi connectivity index (χ1n) is 8.71. The minimum absolute atomic E-state index is 0.269. The Hall–Kier alpha value is -3.68. The number of allylic oxidation sites excluding steroid dienone is 1. The average Bonchev–Trinajstić information content (AvgIpc) is 3.29. The summed E-state index contributed by atoms with van der Waals surface area (Å²) in [6.45, 7) is 0. The molecule has 0 fully saturated rings. The number of hydrogen-bond acceptors (Lipinski definition) is 6. The molecule has 1 aromatic heterocycles. The Kier molecular flexibility index (Phi) is 4.52. The number of amides is 1. The van der Waals surface area contributed by atoms with Gasteiger partial charge in [0.2, 0.25) is 5.91 Å². The molecule has 0 aliphatic carbocycles. The predicted octanol–water partition coefficient (Wildman–Crippen LogP) is 1.93. The van der Waals surface area contributed by atoms with E-state index in [0.29, 0.717) is 22.9 Å². The molecule has 4 rings (SSSR count). The maximum absolute atomic E-state index is 13.5. The van der Waals surface area contributed by atoms with Crippen molar-refractivity contribution in [1.82, 2.24) is 25.9 Å². The number of hydrogen-bond donors (Lipinski definition) is 2. The molecular formula is C20H19N5O3. The molecule has 0 bridgehead atoms. The van der Waals surface area contributed by atoms with Gasteiger partial charge in [-0.2, -0.15) is 0 Å². The normalized spacial score (nSPS) is 21.2. The number of carbonyl (C=O) groups is 1. The Morgan fingerprint density at radius 3 is 2.43 bits per heavy atom. The van der Waals surface area contributed by atoms with Gasteiger partial charge in [-0.15, -0.1) is 5.10 Å². The lowest BCUT2D eigenvalue weighted by molar-refractivity contribution is -0.125. The summed E-state index contributed by atoms with van der Waals surface area (Å²) in [5.74, 6) is 0.829. The number of methoxy groups -OCH3 is 2. The van der Waals surface area contributed by atoms with E-state index in [1.54, 1.807) is 20.4 Å². The number of para-hydroxylation sites is 2. The molecule has 1 aliphatic rings. The number of nitrogens with zero attached hydrogens (tertiary/aromatic N) is 3. The van der Waals surface area contributed by atoms with Gasteiger partial charge in [0.1, 0.15) is 16.9 Å². The molecular weight excluding hydrogens is 358 g/mol. The lowest BCUT2D eigenvalue weighted by Crippen LogP contribution is -2.51. The third-order valence-electron chi connectivity index (χ3n) is 5.05. The van der Waals surface area contributed by atoms with Crippen molar-refractivity contribution in [3.63, 3.8) is 0 Å². The van der Waals surface area contributed by atoms with Crippen molar-refractivity contribution < 1.29 is 14.3 Å². The van der Waals surface area contributed by atoms with Crippen LogP contribution in [-0.2, 0) is 10.2 Å². The van der Waals surface area contributed by atoms with Gasteiger partial charge >= 0.3 is 0 Å². The molecule has 8 nitrogen and oxygen atoms in total. The van der Waals surface area contributed by atoms with Gasteiger partial charge in [0.05, 0.1) is 14.2 Å². The van der Waals surface area contributed by atoms with Crippen molar-refractivity contribution in [1.29, 1.82) is 0 Å². The van der Waals surface area contributed by atoms with Gasteiger partial charge in [-0.05, 0) is 22.6 Å². The van der Waals surface area contributed by atoms with Crippen molar-refractivity contribution in [3.05, 3.63) is 77.8 Å². The molecule has 0 radical (unpaired) electrons. The standard InChI is InChI=1S/C20H19N5O3/c1-27-16-9-5-3-7-13(16)14-11-12-21-19(26)20(14,18-22-24-25-23-18)15-8-4-6-10-17(15)28-2/h3-12,14H,1-2H3,(H,21,26)(H,22,23,24,25). The molecule has 0 spiro atoms. The first-order chi connectivity index (χ1) is 13.7. The van der Waals surface area contributed by atoms with Crippen LogP contribution in [0.4, 0.5) is 0 Å². The summed E-state index contributed by atoms with van der Waals surface area (Å²) in [5, 5.41) is 17.2.